The minimum Gasteiger partial charge on any atom is -0.450 e. The number of rotatable bonds is 6. The number of para-hydroxylation sites is 1. The zero-order valence-electron chi connectivity index (χ0n) is 19.4. The zero-order chi connectivity index (χ0) is 23.7. The smallest absolute Gasteiger partial charge is 0.318 e. The Bertz CT molecular complexity index is 1220. The fourth-order valence-corrected chi connectivity index (χ4v) is 5.76. The van der Waals surface area contributed by atoms with Gasteiger partial charge in [-0.3, -0.25) is 14.4 Å². The van der Waals surface area contributed by atoms with Crippen molar-refractivity contribution in [2.75, 3.05) is 6.54 Å². The Morgan fingerprint density at radius 3 is 2.50 bits per heavy atom. The van der Waals surface area contributed by atoms with Gasteiger partial charge >= 0.3 is 5.97 Å². The van der Waals surface area contributed by atoms with Crippen molar-refractivity contribution >= 4 is 28.6 Å². The van der Waals surface area contributed by atoms with E-state index in [9.17, 15) is 14.4 Å². The predicted molar refractivity (Wildman–Crippen MR) is 129 cm³/mol. The summed E-state index contributed by atoms with van der Waals surface area (Å²) in [5, 5.41) is 3.91. The van der Waals surface area contributed by atoms with Crippen LogP contribution in [-0.2, 0) is 25.5 Å². The predicted octanol–water partition coefficient (Wildman–Crippen LogP) is 4.42. The second-order valence-electron chi connectivity index (χ2n) is 9.50. The van der Waals surface area contributed by atoms with Crippen molar-refractivity contribution in [1.29, 1.82) is 0 Å². The number of ketones is 1. The van der Waals surface area contributed by atoms with Gasteiger partial charge in [0.25, 0.3) is 0 Å². The molecule has 34 heavy (non-hydrogen) atoms. The summed E-state index contributed by atoms with van der Waals surface area (Å²) in [6.45, 7) is 1.97. The highest BCUT2D eigenvalue weighted by Gasteiger charge is 2.58. The monoisotopic (exact) mass is 458 g/mol. The summed E-state index contributed by atoms with van der Waals surface area (Å²) in [5.74, 6) is -1.98. The molecule has 6 heteroatoms. The van der Waals surface area contributed by atoms with Gasteiger partial charge in [-0.15, -0.1) is 0 Å². The summed E-state index contributed by atoms with van der Waals surface area (Å²) in [5.41, 5.74) is 2.74. The first-order valence-electron chi connectivity index (χ1n) is 12.2. The molecule has 1 amide bonds. The van der Waals surface area contributed by atoms with Gasteiger partial charge < -0.3 is 15.0 Å². The average Bonchev–Trinajstić information content (AvgIpc) is 3.31. The van der Waals surface area contributed by atoms with E-state index in [1.54, 1.807) is 0 Å². The van der Waals surface area contributed by atoms with Crippen LogP contribution in [0.1, 0.15) is 61.8 Å². The minimum atomic E-state index is -0.977. The van der Waals surface area contributed by atoms with E-state index in [2.05, 4.69) is 10.3 Å². The average molecular weight is 459 g/mol. The van der Waals surface area contributed by atoms with Gasteiger partial charge in [0.1, 0.15) is 5.92 Å². The van der Waals surface area contributed by atoms with Crippen molar-refractivity contribution < 1.29 is 19.1 Å². The number of carbonyl (C=O) groups excluding carboxylic acids is 3. The topological polar surface area (TPSA) is 88.3 Å². The number of amides is 1. The molecule has 2 N–H and O–H groups in total. The van der Waals surface area contributed by atoms with Gasteiger partial charge in [-0.1, -0.05) is 55.0 Å². The number of aromatic nitrogens is 1. The lowest BCUT2D eigenvalue weighted by Crippen LogP contribution is -2.40. The van der Waals surface area contributed by atoms with E-state index in [0.717, 1.165) is 47.0 Å². The third-order valence-corrected chi connectivity index (χ3v) is 7.34. The van der Waals surface area contributed by atoms with Crippen LogP contribution in [0.2, 0.25) is 0 Å². The summed E-state index contributed by atoms with van der Waals surface area (Å²) in [4.78, 5) is 42.3. The number of Topliss-reactive ketones (excluding diaryl/α,β-unsaturated/α-hetero) is 1. The number of hydrogen-bond donors (Lipinski definition) is 2. The molecule has 1 aliphatic carbocycles. The highest BCUT2D eigenvalue weighted by atomic mass is 16.6. The largest absolute Gasteiger partial charge is 0.450 e. The van der Waals surface area contributed by atoms with Crippen molar-refractivity contribution in [1.82, 2.24) is 10.3 Å². The molecule has 176 valence electrons. The van der Waals surface area contributed by atoms with Gasteiger partial charge in [0, 0.05) is 36.0 Å². The molecule has 2 aromatic carbocycles. The summed E-state index contributed by atoms with van der Waals surface area (Å²) < 4.78 is 5.91. The number of carbonyl (C=O) groups is 3. The minimum absolute atomic E-state index is 0.0856. The lowest BCUT2D eigenvalue weighted by molar-refractivity contribution is -0.155. The molecule has 2 fully saturated rings. The van der Waals surface area contributed by atoms with E-state index in [0.29, 0.717) is 25.8 Å². The first kappa shape index (κ1) is 22.4. The van der Waals surface area contributed by atoms with E-state index in [-0.39, 0.29) is 11.7 Å². The zero-order valence-corrected chi connectivity index (χ0v) is 19.4. The van der Waals surface area contributed by atoms with Crippen molar-refractivity contribution in [2.24, 2.45) is 5.92 Å². The SMILES string of the molecule is CC(=O)NCCc1c(C(c2ccccc2)C2C(=O)OC3(CCCCC3)C2=O)[nH]c2ccccc12. The fraction of sp³-hybridized carbons (Fsp3) is 0.393. The third kappa shape index (κ3) is 3.91. The molecule has 0 bridgehead atoms. The second-order valence-corrected chi connectivity index (χ2v) is 9.50. The second kappa shape index (κ2) is 9.09. The Morgan fingerprint density at radius 2 is 1.76 bits per heavy atom. The van der Waals surface area contributed by atoms with Crippen LogP contribution in [0.15, 0.2) is 54.6 Å². The van der Waals surface area contributed by atoms with Gasteiger partial charge in [-0.2, -0.15) is 0 Å². The standard InChI is InChI=1S/C28H30N2O4/c1-18(31)29-17-14-21-20-12-6-7-13-22(20)30-25(21)23(19-10-4-2-5-11-19)24-26(32)28(34-27(24)33)15-8-3-9-16-28/h2,4-7,10-13,23-24,30H,3,8-9,14-17H2,1H3,(H,29,31). The van der Waals surface area contributed by atoms with Crippen molar-refractivity contribution in [2.45, 2.75) is 57.0 Å². The van der Waals surface area contributed by atoms with E-state index >= 15 is 0 Å². The number of esters is 1. The fourth-order valence-electron chi connectivity index (χ4n) is 5.76. The summed E-state index contributed by atoms with van der Waals surface area (Å²) in [6, 6.07) is 17.7. The quantitative estimate of drug-likeness (QED) is 0.423. The number of nitrogens with one attached hydrogen (secondary N) is 2. The lowest BCUT2D eigenvalue weighted by atomic mass is 9.73. The number of fused-ring (bicyclic) bond motifs is 1. The van der Waals surface area contributed by atoms with Crippen molar-refractivity contribution in [3.8, 4) is 0 Å². The molecule has 5 rings (SSSR count). The van der Waals surface area contributed by atoms with Crippen LogP contribution in [0, 0.1) is 5.92 Å². The maximum atomic E-state index is 13.9. The third-order valence-electron chi connectivity index (χ3n) is 7.34. The molecule has 2 unspecified atom stereocenters. The molecule has 1 saturated heterocycles. The highest BCUT2D eigenvalue weighted by Crippen LogP contribution is 2.47. The van der Waals surface area contributed by atoms with Crippen LogP contribution >= 0.6 is 0 Å². The van der Waals surface area contributed by atoms with Crippen molar-refractivity contribution in [3.63, 3.8) is 0 Å². The molecule has 1 aliphatic heterocycles. The summed E-state index contributed by atoms with van der Waals surface area (Å²) in [7, 11) is 0. The lowest BCUT2D eigenvalue weighted by Gasteiger charge is -2.30. The van der Waals surface area contributed by atoms with Crippen LogP contribution < -0.4 is 5.32 Å². The first-order chi connectivity index (χ1) is 16.5. The Kier molecular flexibility index (Phi) is 5.98. The Hall–Kier alpha value is -3.41. The number of H-pyrrole nitrogens is 1. The maximum absolute atomic E-state index is 13.9. The van der Waals surface area contributed by atoms with Crippen LogP contribution in [0.5, 0.6) is 0 Å². The molecule has 2 atom stereocenters. The van der Waals surface area contributed by atoms with Gasteiger partial charge in [0.2, 0.25) is 5.91 Å². The Morgan fingerprint density at radius 1 is 1.06 bits per heavy atom. The molecule has 1 aromatic heterocycles. The van der Waals surface area contributed by atoms with Crippen LogP contribution in [-0.4, -0.2) is 34.8 Å². The molecule has 1 saturated carbocycles. The van der Waals surface area contributed by atoms with Gasteiger partial charge in [-0.25, -0.2) is 0 Å². The molecule has 6 nitrogen and oxygen atoms in total. The van der Waals surface area contributed by atoms with Crippen LogP contribution in [0.4, 0.5) is 0 Å². The van der Waals surface area contributed by atoms with Crippen molar-refractivity contribution in [3.05, 3.63) is 71.4 Å². The summed E-state index contributed by atoms with van der Waals surface area (Å²) >= 11 is 0. The molecular weight excluding hydrogens is 428 g/mol. The van der Waals surface area contributed by atoms with Gasteiger partial charge in [0.15, 0.2) is 11.4 Å². The van der Waals surface area contributed by atoms with E-state index in [1.165, 1.54) is 6.92 Å². The highest BCUT2D eigenvalue weighted by molar-refractivity contribution is 6.10. The number of ether oxygens (including phenoxy) is 1. The molecule has 0 radical (unpaired) electrons. The van der Waals surface area contributed by atoms with Crippen LogP contribution in [0.3, 0.4) is 0 Å². The van der Waals surface area contributed by atoms with E-state index < -0.39 is 23.4 Å². The number of hydrogen-bond acceptors (Lipinski definition) is 4. The Balaban J connectivity index is 1.64. The number of benzene rings is 2. The maximum Gasteiger partial charge on any atom is 0.318 e. The normalized spacial score (nSPS) is 20.4. The van der Waals surface area contributed by atoms with Gasteiger partial charge in [-0.05, 0) is 49.3 Å². The Labute approximate surface area is 199 Å². The first-order valence-corrected chi connectivity index (χ1v) is 12.2. The molecular formula is C28H30N2O4. The molecule has 1 spiro atoms. The van der Waals surface area contributed by atoms with E-state index in [1.807, 2.05) is 54.6 Å². The molecule has 2 aliphatic rings. The molecule has 3 aromatic rings. The summed E-state index contributed by atoms with van der Waals surface area (Å²) in [6.07, 6.45) is 4.67. The number of aromatic amines is 1. The van der Waals surface area contributed by atoms with Crippen LogP contribution in [0.25, 0.3) is 10.9 Å². The van der Waals surface area contributed by atoms with Gasteiger partial charge in [0.05, 0.1) is 0 Å². The molecule has 2 heterocycles. The van der Waals surface area contributed by atoms with E-state index in [4.69, 9.17) is 4.74 Å².